The molecule has 2 atom stereocenters. The van der Waals surface area contributed by atoms with Crippen molar-refractivity contribution in [1.29, 1.82) is 0 Å². The average Bonchev–Trinajstić information content (AvgIpc) is 3.53. The van der Waals surface area contributed by atoms with Crippen LogP contribution in [0, 0.1) is 12.8 Å². The number of aromatic nitrogens is 4. The first-order chi connectivity index (χ1) is 21.5. The van der Waals surface area contributed by atoms with Gasteiger partial charge in [-0.25, -0.2) is 18.9 Å². The van der Waals surface area contributed by atoms with Gasteiger partial charge in [-0.15, -0.1) is 16.4 Å². The third kappa shape index (κ3) is 10.5. The Labute approximate surface area is 276 Å². The molecule has 0 saturated carbocycles. The van der Waals surface area contributed by atoms with Crippen molar-refractivity contribution in [2.45, 2.75) is 105 Å². The molecule has 2 aromatic heterocycles. The number of esters is 1. The Kier molecular flexibility index (Phi) is 11.2. The highest BCUT2D eigenvalue weighted by Crippen LogP contribution is 2.35. The van der Waals surface area contributed by atoms with E-state index < -0.39 is 69.2 Å². The molecule has 0 spiro atoms. The highest BCUT2D eigenvalue weighted by atomic mass is 32.2. The monoisotopic (exact) mass is 699 g/mol. The molecule has 2 N–H and O–H groups in total. The molecule has 17 nitrogen and oxygen atoms in total. The van der Waals surface area contributed by atoms with Crippen LogP contribution in [0.4, 0.5) is 4.79 Å². The van der Waals surface area contributed by atoms with E-state index in [0.717, 1.165) is 0 Å². The molecule has 1 aliphatic heterocycles. The van der Waals surface area contributed by atoms with E-state index >= 15 is 0 Å². The predicted molar refractivity (Wildman–Crippen MR) is 168 cm³/mol. The molecule has 1 aliphatic rings. The summed E-state index contributed by atoms with van der Waals surface area (Å²) in [5, 5.41) is 16.7. The van der Waals surface area contributed by atoms with E-state index in [1.165, 1.54) is 36.1 Å². The second kappa shape index (κ2) is 14.0. The Balaban J connectivity index is 1.78. The lowest BCUT2D eigenvalue weighted by Crippen LogP contribution is -2.64. The van der Waals surface area contributed by atoms with Gasteiger partial charge in [-0.3, -0.25) is 18.8 Å². The number of carbonyl (C=O) groups is 4. The van der Waals surface area contributed by atoms with Crippen LogP contribution in [-0.4, -0.2) is 96.1 Å². The molecule has 0 aliphatic carbocycles. The largest absolute Gasteiger partial charge is 0.457 e. The number of rotatable bonds is 13. The number of oxime groups is 1. The molecule has 2 aromatic rings. The van der Waals surface area contributed by atoms with Crippen molar-refractivity contribution < 1.29 is 46.5 Å². The van der Waals surface area contributed by atoms with Crippen molar-refractivity contribution in [3.8, 4) is 0 Å². The fraction of sp³-hybridized carbons (Fsp3) is 0.643. The van der Waals surface area contributed by atoms with Crippen molar-refractivity contribution in [1.82, 2.24) is 29.6 Å². The van der Waals surface area contributed by atoms with Crippen LogP contribution in [0.3, 0.4) is 0 Å². The van der Waals surface area contributed by atoms with Crippen molar-refractivity contribution in [3.63, 3.8) is 0 Å². The number of carbonyl (C=O) groups excluding carboxylic acids is 4. The van der Waals surface area contributed by atoms with Crippen LogP contribution in [0.5, 0.6) is 0 Å². The SMILES string of the molecule is Cc1nc(/C(=N/OC(C)(C)C(=O)OC(C)(C)C)C(=O)C[C@@H]2C(=O)N(S(=O)(=O)O)[C@@H]2Cc2cn(CCNC(=O)OC(C)(C)C)nn2)cs1. The summed E-state index contributed by atoms with van der Waals surface area (Å²) in [4.78, 5) is 60.9. The summed E-state index contributed by atoms with van der Waals surface area (Å²) < 4.78 is 46.2. The number of thiazole rings is 1. The molecule has 3 rings (SSSR count). The van der Waals surface area contributed by atoms with Gasteiger partial charge in [0, 0.05) is 31.0 Å². The Bertz CT molecular complexity index is 1630. The van der Waals surface area contributed by atoms with Gasteiger partial charge < -0.3 is 19.6 Å². The van der Waals surface area contributed by atoms with E-state index in [1.54, 1.807) is 53.8 Å². The van der Waals surface area contributed by atoms with Crippen LogP contribution in [0.1, 0.15) is 78.2 Å². The van der Waals surface area contributed by atoms with E-state index in [-0.39, 0.29) is 36.6 Å². The number of β-lactam (4-membered cyclic amide) rings is 1. The van der Waals surface area contributed by atoms with Gasteiger partial charge in [0.1, 0.15) is 16.9 Å². The number of Topliss-reactive ketones (excluding diaryl/α,β-unsaturated/α-hetero) is 1. The fourth-order valence-corrected chi connectivity index (χ4v) is 5.78. The summed E-state index contributed by atoms with van der Waals surface area (Å²) in [6.07, 6.45) is 0.178. The molecule has 1 fully saturated rings. The number of nitrogens with one attached hydrogen (secondary N) is 1. The van der Waals surface area contributed by atoms with Gasteiger partial charge in [-0.05, 0) is 62.3 Å². The number of nitrogens with zero attached hydrogens (tertiary/aromatic N) is 6. The molecule has 19 heteroatoms. The predicted octanol–water partition coefficient (Wildman–Crippen LogP) is 2.24. The van der Waals surface area contributed by atoms with Gasteiger partial charge in [0.15, 0.2) is 11.5 Å². The number of ketones is 1. The summed E-state index contributed by atoms with van der Waals surface area (Å²) in [6, 6.07) is -1.18. The number of aryl methyl sites for hydroxylation is 1. The number of hydrogen-bond acceptors (Lipinski definition) is 14. The first kappa shape index (κ1) is 37.5. The molecule has 0 aromatic carbocycles. The molecule has 0 bridgehead atoms. The maximum Gasteiger partial charge on any atom is 0.407 e. The Hall–Kier alpha value is -3.97. The standard InChI is InChI=1S/C28H41N7O10S2/c1-16-30-19(15-46-16)22(32-45-28(8,9)24(38)43-26(2,3)4)21(36)13-18-20(35(23(18)37)47(40,41)42)12-17-14-34(33-31-17)11-10-29-25(39)44-27(5,6)7/h14-15,18,20H,10-13H2,1-9H3,(H,29,39)(H,40,41,42)/b32-22-/t18-,20+/m0/s1. The van der Waals surface area contributed by atoms with Gasteiger partial charge in [0.05, 0.1) is 29.2 Å². The zero-order chi connectivity index (χ0) is 35.5. The van der Waals surface area contributed by atoms with Crippen LogP contribution < -0.4 is 5.32 Å². The second-order valence-electron chi connectivity index (χ2n) is 13.3. The summed E-state index contributed by atoms with van der Waals surface area (Å²) >= 11 is 1.23. The Morgan fingerprint density at radius 3 is 2.28 bits per heavy atom. The second-order valence-corrected chi connectivity index (χ2v) is 15.7. The third-order valence-electron chi connectivity index (χ3n) is 6.35. The van der Waals surface area contributed by atoms with E-state index in [1.807, 2.05) is 0 Å². The van der Waals surface area contributed by atoms with Gasteiger partial charge in [0.25, 0.3) is 0 Å². The van der Waals surface area contributed by atoms with Crippen LogP contribution in [-0.2, 0) is 52.0 Å². The van der Waals surface area contributed by atoms with E-state index in [9.17, 15) is 32.1 Å². The zero-order valence-corrected chi connectivity index (χ0v) is 29.4. The van der Waals surface area contributed by atoms with Crippen LogP contribution in [0.15, 0.2) is 16.7 Å². The average molecular weight is 700 g/mol. The van der Waals surface area contributed by atoms with Crippen LogP contribution in [0.2, 0.25) is 0 Å². The molecule has 0 unspecified atom stereocenters. The van der Waals surface area contributed by atoms with Gasteiger partial charge in [-0.1, -0.05) is 10.4 Å². The van der Waals surface area contributed by atoms with Crippen molar-refractivity contribution >= 4 is 51.1 Å². The molecule has 3 heterocycles. The molecule has 2 amide bonds. The Morgan fingerprint density at radius 1 is 1.09 bits per heavy atom. The van der Waals surface area contributed by atoms with Crippen molar-refractivity contribution in [2.75, 3.05) is 6.54 Å². The first-order valence-corrected chi connectivity index (χ1v) is 16.9. The Morgan fingerprint density at radius 2 is 1.72 bits per heavy atom. The molecule has 260 valence electrons. The minimum Gasteiger partial charge on any atom is -0.457 e. The zero-order valence-electron chi connectivity index (χ0n) is 27.8. The first-order valence-electron chi connectivity index (χ1n) is 14.6. The molecule has 1 saturated heterocycles. The van der Waals surface area contributed by atoms with E-state index in [4.69, 9.17) is 14.3 Å². The van der Waals surface area contributed by atoms with Crippen molar-refractivity contribution in [2.24, 2.45) is 11.1 Å². The topological polar surface area (TPSA) is 222 Å². The number of alkyl carbamates (subject to hydrolysis) is 1. The lowest BCUT2D eigenvalue weighted by Gasteiger charge is -2.43. The molecule has 0 radical (unpaired) electrons. The fourth-order valence-electron chi connectivity index (χ4n) is 4.26. The van der Waals surface area contributed by atoms with Gasteiger partial charge >= 0.3 is 22.4 Å². The van der Waals surface area contributed by atoms with Gasteiger partial charge in [0.2, 0.25) is 11.5 Å². The summed E-state index contributed by atoms with van der Waals surface area (Å²) in [5.74, 6) is -3.64. The lowest BCUT2D eigenvalue weighted by atomic mass is 9.82. The number of ether oxygens (including phenoxy) is 2. The molecular formula is C28H41N7O10S2. The molecule has 47 heavy (non-hydrogen) atoms. The third-order valence-corrected chi connectivity index (χ3v) is 8.07. The quantitative estimate of drug-likeness (QED) is 0.101. The van der Waals surface area contributed by atoms with Crippen LogP contribution in [0.25, 0.3) is 0 Å². The normalized spacial score (nSPS) is 17.6. The van der Waals surface area contributed by atoms with Crippen molar-refractivity contribution in [3.05, 3.63) is 28.0 Å². The minimum atomic E-state index is -4.97. The summed E-state index contributed by atoms with van der Waals surface area (Å²) in [7, 11) is -4.97. The van der Waals surface area contributed by atoms with Gasteiger partial charge in [-0.2, -0.15) is 8.42 Å². The summed E-state index contributed by atoms with van der Waals surface area (Å²) in [6.45, 7) is 15.1. The van der Waals surface area contributed by atoms with Crippen LogP contribution >= 0.6 is 11.3 Å². The lowest BCUT2D eigenvalue weighted by molar-refractivity contribution is -0.179. The highest BCUT2D eigenvalue weighted by molar-refractivity contribution is 7.84. The number of hydrogen-bond donors (Lipinski definition) is 2. The van der Waals surface area contributed by atoms with E-state index in [0.29, 0.717) is 9.31 Å². The maximum atomic E-state index is 13.6. The minimum absolute atomic E-state index is 0.135. The van der Waals surface area contributed by atoms with E-state index in [2.05, 4.69) is 25.8 Å². The molecular weight excluding hydrogens is 658 g/mol. The highest BCUT2D eigenvalue weighted by Gasteiger charge is 2.54. The number of amides is 2. The smallest absolute Gasteiger partial charge is 0.407 e. The summed E-state index contributed by atoms with van der Waals surface area (Å²) in [5.41, 5.74) is -2.97. The maximum absolute atomic E-state index is 13.6.